The highest BCUT2D eigenvalue weighted by molar-refractivity contribution is 7.00. The summed E-state index contributed by atoms with van der Waals surface area (Å²) in [5.74, 6) is 0. The number of rotatable bonds is 6. The first-order valence-electron chi connectivity index (χ1n) is 20.6. The van der Waals surface area contributed by atoms with Gasteiger partial charge in [-0.3, -0.25) is 0 Å². The molecule has 0 spiro atoms. The lowest BCUT2D eigenvalue weighted by Gasteiger charge is -2.44. The Balaban J connectivity index is 1.13. The molecule has 278 valence electrons. The van der Waals surface area contributed by atoms with Crippen molar-refractivity contribution < 1.29 is 0 Å². The van der Waals surface area contributed by atoms with Gasteiger partial charge in [0.1, 0.15) is 0 Å². The van der Waals surface area contributed by atoms with Crippen LogP contribution in [0.5, 0.6) is 0 Å². The van der Waals surface area contributed by atoms with Gasteiger partial charge in [-0.25, -0.2) is 0 Å². The first kappa shape index (κ1) is 33.6. The van der Waals surface area contributed by atoms with Gasteiger partial charge in [0.05, 0.1) is 16.7 Å². The van der Waals surface area contributed by atoms with Crippen LogP contribution in [0.2, 0.25) is 0 Å². The summed E-state index contributed by atoms with van der Waals surface area (Å²) in [5, 5.41) is 2.52. The number of benzene rings is 8. The van der Waals surface area contributed by atoms with Crippen LogP contribution in [0.15, 0.2) is 212 Å². The van der Waals surface area contributed by atoms with E-state index in [1.165, 1.54) is 66.6 Å². The second-order valence-electron chi connectivity index (χ2n) is 15.6. The molecule has 8 aromatic carbocycles. The first-order chi connectivity index (χ1) is 29.3. The molecule has 0 atom stereocenters. The highest BCUT2D eigenvalue weighted by Crippen LogP contribution is 2.48. The average Bonchev–Trinajstić information content (AvgIpc) is 3.65. The zero-order valence-electron chi connectivity index (χ0n) is 32.5. The molecule has 12 rings (SSSR count). The van der Waals surface area contributed by atoms with Crippen molar-refractivity contribution in [3.63, 3.8) is 0 Å². The molecule has 0 radical (unpaired) electrons. The molecule has 3 aliphatic rings. The van der Waals surface area contributed by atoms with Crippen LogP contribution in [0.4, 0.5) is 51.2 Å². The topological polar surface area (TPSA) is 14.7 Å². The van der Waals surface area contributed by atoms with E-state index in [4.69, 9.17) is 0 Å². The number of nitrogens with zero attached hydrogens (tertiary/aromatic N) is 4. The van der Waals surface area contributed by atoms with Crippen molar-refractivity contribution in [2.24, 2.45) is 0 Å². The number of allylic oxidation sites excluding steroid dienone is 4. The summed E-state index contributed by atoms with van der Waals surface area (Å²) in [4.78, 5) is 7.41. The molecule has 5 heteroatoms. The minimum Gasteiger partial charge on any atom is -0.311 e. The quantitative estimate of drug-likeness (QED) is 0.157. The zero-order valence-corrected chi connectivity index (χ0v) is 32.5. The summed E-state index contributed by atoms with van der Waals surface area (Å²) in [7, 11) is 0. The Morgan fingerprint density at radius 1 is 0.475 bits per heavy atom. The van der Waals surface area contributed by atoms with Gasteiger partial charge in [-0.05, 0) is 114 Å². The van der Waals surface area contributed by atoms with Crippen LogP contribution in [0.25, 0.3) is 27.5 Å². The second kappa shape index (κ2) is 13.6. The molecule has 3 heterocycles. The minimum atomic E-state index is 0.0452. The number of aromatic nitrogens is 1. The SMILES string of the molecule is C1=CCCC(n2c3ccccc3c3cccc(N(c4ccccc4)c4ccc5c(c4)N(c4ccccc4)c4cccc6c4B5c4ccccc4N6c4ccccc4)c32)=C1. The predicted molar refractivity (Wildman–Crippen MR) is 251 cm³/mol. The van der Waals surface area contributed by atoms with Crippen LogP contribution < -0.4 is 31.1 Å². The molecule has 4 nitrogen and oxygen atoms in total. The molecule has 0 saturated heterocycles. The maximum atomic E-state index is 2.52. The van der Waals surface area contributed by atoms with Gasteiger partial charge in [-0.2, -0.15) is 0 Å². The third-order valence-electron chi connectivity index (χ3n) is 12.4. The van der Waals surface area contributed by atoms with Gasteiger partial charge < -0.3 is 19.3 Å². The van der Waals surface area contributed by atoms with Crippen LogP contribution in [0.1, 0.15) is 12.8 Å². The molecule has 1 aliphatic carbocycles. The van der Waals surface area contributed by atoms with Gasteiger partial charge in [0.2, 0.25) is 0 Å². The lowest BCUT2D eigenvalue weighted by atomic mass is 9.33. The Kier molecular flexibility index (Phi) is 7.73. The van der Waals surface area contributed by atoms with E-state index >= 15 is 0 Å². The molecule has 0 unspecified atom stereocenters. The Morgan fingerprint density at radius 2 is 1.08 bits per heavy atom. The Hall–Kier alpha value is -7.50. The molecule has 59 heavy (non-hydrogen) atoms. The van der Waals surface area contributed by atoms with Crippen LogP contribution in [-0.2, 0) is 0 Å². The summed E-state index contributed by atoms with van der Waals surface area (Å²) in [6.45, 7) is 0.0452. The zero-order chi connectivity index (χ0) is 38.9. The molecule has 1 aromatic heterocycles. The Labute approximate surface area is 344 Å². The average molecular weight is 755 g/mol. The molecule has 0 N–H and O–H groups in total. The van der Waals surface area contributed by atoms with Gasteiger partial charge in [-0.1, -0.05) is 127 Å². The number of hydrogen-bond donors (Lipinski definition) is 0. The van der Waals surface area contributed by atoms with Gasteiger partial charge in [0.15, 0.2) is 0 Å². The van der Waals surface area contributed by atoms with Crippen molar-refractivity contribution in [1.29, 1.82) is 0 Å². The first-order valence-corrected chi connectivity index (χ1v) is 20.6. The molecular weight excluding hydrogens is 715 g/mol. The third kappa shape index (κ3) is 5.18. The van der Waals surface area contributed by atoms with Crippen LogP contribution in [-0.4, -0.2) is 11.3 Å². The van der Waals surface area contributed by atoms with Crippen molar-refractivity contribution in [2.45, 2.75) is 12.8 Å². The van der Waals surface area contributed by atoms with E-state index in [1.807, 2.05) is 0 Å². The van der Waals surface area contributed by atoms with Crippen molar-refractivity contribution in [3.05, 3.63) is 212 Å². The Morgan fingerprint density at radius 3 is 1.83 bits per heavy atom. The Bertz CT molecular complexity index is 3130. The van der Waals surface area contributed by atoms with Crippen LogP contribution >= 0.6 is 0 Å². The van der Waals surface area contributed by atoms with Crippen molar-refractivity contribution >= 4 is 102 Å². The third-order valence-corrected chi connectivity index (χ3v) is 12.4. The van der Waals surface area contributed by atoms with E-state index < -0.39 is 0 Å². The molecule has 2 aliphatic heterocycles. The number of fused-ring (bicyclic) bond motifs is 7. The fourth-order valence-corrected chi connectivity index (χ4v) is 9.98. The lowest BCUT2D eigenvalue weighted by Crippen LogP contribution is -2.61. The normalized spacial score (nSPS) is 13.9. The molecular formula is C54H39BN4. The van der Waals surface area contributed by atoms with E-state index in [-0.39, 0.29) is 6.71 Å². The van der Waals surface area contributed by atoms with E-state index in [9.17, 15) is 0 Å². The lowest BCUT2D eigenvalue weighted by molar-refractivity contribution is 0.978. The molecule has 9 aromatic rings. The summed E-state index contributed by atoms with van der Waals surface area (Å²) in [5.41, 5.74) is 18.1. The van der Waals surface area contributed by atoms with E-state index in [2.05, 4.69) is 232 Å². The molecule has 0 amide bonds. The second-order valence-corrected chi connectivity index (χ2v) is 15.6. The fourth-order valence-electron chi connectivity index (χ4n) is 9.98. The maximum absolute atomic E-state index is 2.52. The van der Waals surface area contributed by atoms with Crippen molar-refractivity contribution in [2.75, 3.05) is 14.7 Å². The minimum absolute atomic E-state index is 0.0452. The standard InChI is InChI=1S/C54H39BN4/c1-5-19-38(20-6-1)56(51-34-17-28-44-43-27-13-15-30-47(43)59(54(44)51)41-25-11-4-12-26-41)42-35-36-46-52(37-42)58(40-23-9-3-10-24-40)50-33-18-32-49-53(50)55(46)45-29-14-16-31-48(45)57(49)39-21-7-2-8-22-39/h1-11,13-25,27-37H,12,26H2. The summed E-state index contributed by atoms with van der Waals surface area (Å²) >= 11 is 0. The van der Waals surface area contributed by atoms with E-state index in [0.29, 0.717) is 0 Å². The van der Waals surface area contributed by atoms with Crippen molar-refractivity contribution in [3.8, 4) is 0 Å². The predicted octanol–water partition coefficient (Wildman–Crippen LogP) is 12.5. The smallest absolute Gasteiger partial charge is 0.252 e. The van der Waals surface area contributed by atoms with Crippen molar-refractivity contribution in [1.82, 2.24) is 4.57 Å². The van der Waals surface area contributed by atoms with E-state index in [0.717, 1.165) is 41.3 Å². The fraction of sp³-hybridized carbons (Fsp3) is 0.0370. The number of anilines is 9. The summed E-state index contributed by atoms with van der Waals surface area (Å²) in [6.07, 6.45) is 8.79. The van der Waals surface area contributed by atoms with E-state index in [1.54, 1.807) is 0 Å². The molecule has 0 fully saturated rings. The van der Waals surface area contributed by atoms with Gasteiger partial charge in [-0.15, -0.1) is 0 Å². The summed E-state index contributed by atoms with van der Waals surface area (Å²) < 4.78 is 2.52. The highest BCUT2D eigenvalue weighted by atomic mass is 15.2. The molecule has 0 bridgehead atoms. The van der Waals surface area contributed by atoms with Crippen LogP contribution in [0.3, 0.4) is 0 Å². The largest absolute Gasteiger partial charge is 0.311 e. The van der Waals surface area contributed by atoms with Gasteiger partial charge in [0, 0.05) is 62.0 Å². The highest BCUT2D eigenvalue weighted by Gasteiger charge is 2.43. The molecule has 0 saturated carbocycles. The maximum Gasteiger partial charge on any atom is 0.252 e. The van der Waals surface area contributed by atoms with Gasteiger partial charge in [0.25, 0.3) is 6.71 Å². The number of para-hydroxylation sites is 6. The van der Waals surface area contributed by atoms with Crippen LogP contribution in [0, 0.1) is 0 Å². The summed E-state index contributed by atoms with van der Waals surface area (Å²) in [6, 6.07) is 71.2. The monoisotopic (exact) mass is 754 g/mol. The number of hydrogen-bond acceptors (Lipinski definition) is 3. The van der Waals surface area contributed by atoms with Gasteiger partial charge >= 0.3 is 0 Å².